The van der Waals surface area contributed by atoms with E-state index in [-0.39, 0.29) is 11.5 Å². The highest BCUT2D eigenvalue weighted by molar-refractivity contribution is 6.31. The molecule has 0 aliphatic heterocycles. The van der Waals surface area contributed by atoms with E-state index in [1.165, 1.54) is 0 Å². The summed E-state index contributed by atoms with van der Waals surface area (Å²) in [6, 6.07) is 2.50. The lowest BCUT2D eigenvalue weighted by molar-refractivity contribution is 0.0405. The largest absolute Gasteiger partial charge is 0.391 e. The van der Waals surface area contributed by atoms with Crippen LogP contribution in [0.5, 0.6) is 0 Å². The van der Waals surface area contributed by atoms with Gasteiger partial charge >= 0.3 is 0 Å². The molecule has 0 spiro atoms. The van der Waals surface area contributed by atoms with Crippen molar-refractivity contribution in [1.29, 1.82) is 0 Å². The fraction of sp³-hybridized carbons (Fsp3) is 0.538. The van der Waals surface area contributed by atoms with Crippen molar-refractivity contribution in [3.05, 3.63) is 34.1 Å². The summed E-state index contributed by atoms with van der Waals surface area (Å²) < 4.78 is 14.0. The van der Waals surface area contributed by atoms with Gasteiger partial charge in [-0.1, -0.05) is 24.1 Å². The van der Waals surface area contributed by atoms with Gasteiger partial charge in [-0.05, 0) is 37.3 Å². The SMILES string of the molecule is Cc1ccc(Cl)c([C@H](N)[C@H](O)C2CCC2)c1F. The molecule has 1 aliphatic carbocycles. The minimum atomic E-state index is -0.743. The fourth-order valence-electron chi connectivity index (χ4n) is 2.23. The molecule has 17 heavy (non-hydrogen) atoms. The summed E-state index contributed by atoms with van der Waals surface area (Å²) in [5.74, 6) is -0.218. The van der Waals surface area contributed by atoms with Gasteiger partial charge in [0.15, 0.2) is 0 Å². The number of rotatable bonds is 3. The van der Waals surface area contributed by atoms with Gasteiger partial charge < -0.3 is 10.8 Å². The van der Waals surface area contributed by atoms with Gasteiger partial charge in [-0.25, -0.2) is 4.39 Å². The number of aryl methyl sites for hydroxylation is 1. The van der Waals surface area contributed by atoms with E-state index < -0.39 is 18.0 Å². The Hall–Kier alpha value is -0.640. The summed E-state index contributed by atoms with van der Waals surface area (Å²) in [4.78, 5) is 0. The van der Waals surface area contributed by atoms with Gasteiger partial charge in [0.25, 0.3) is 0 Å². The van der Waals surface area contributed by atoms with Crippen molar-refractivity contribution in [1.82, 2.24) is 0 Å². The summed E-state index contributed by atoms with van der Waals surface area (Å²) in [6.45, 7) is 1.66. The molecule has 94 valence electrons. The standard InChI is InChI=1S/C13H17ClFNO/c1-7-5-6-9(14)10(11(7)15)12(16)13(17)8-3-2-4-8/h5-6,8,12-13,17H,2-4,16H2,1H3/t12-,13+/m0/s1. The number of nitrogens with two attached hydrogens (primary N) is 1. The van der Waals surface area contributed by atoms with Crippen LogP contribution < -0.4 is 5.73 Å². The number of aliphatic hydroxyl groups is 1. The Bertz CT molecular complexity index is 420. The number of aliphatic hydroxyl groups excluding tert-OH is 1. The molecule has 3 N–H and O–H groups in total. The van der Waals surface area contributed by atoms with Crippen LogP contribution in [0.15, 0.2) is 12.1 Å². The maximum absolute atomic E-state index is 14.0. The Labute approximate surface area is 106 Å². The number of halogens is 2. The lowest BCUT2D eigenvalue weighted by Crippen LogP contribution is -2.37. The average molecular weight is 258 g/mol. The summed E-state index contributed by atoms with van der Waals surface area (Å²) in [5.41, 5.74) is 6.69. The molecule has 0 radical (unpaired) electrons. The first-order valence-electron chi connectivity index (χ1n) is 5.90. The van der Waals surface area contributed by atoms with E-state index >= 15 is 0 Å². The van der Waals surface area contributed by atoms with Crippen LogP contribution in [0.2, 0.25) is 5.02 Å². The molecule has 2 atom stereocenters. The molecule has 4 heteroatoms. The van der Waals surface area contributed by atoms with Gasteiger partial charge in [0, 0.05) is 10.6 Å². The van der Waals surface area contributed by atoms with E-state index in [2.05, 4.69) is 0 Å². The molecule has 0 bridgehead atoms. The first-order chi connectivity index (χ1) is 8.02. The summed E-state index contributed by atoms with van der Waals surface area (Å²) in [7, 11) is 0. The van der Waals surface area contributed by atoms with Crippen molar-refractivity contribution < 1.29 is 9.50 Å². The lowest BCUT2D eigenvalue weighted by atomic mass is 9.77. The number of hydrogen-bond acceptors (Lipinski definition) is 2. The van der Waals surface area contributed by atoms with Crippen molar-refractivity contribution in [3.63, 3.8) is 0 Å². The Morgan fingerprint density at radius 1 is 1.47 bits per heavy atom. The van der Waals surface area contributed by atoms with Crippen LogP contribution in [-0.2, 0) is 0 Å². The molecule has 0 heterocycles. The predicted molar refractivity (Wildman–Crippen MR) is 66.4 cm³/mol. The van der Waals surface area contributed by atoms with Crippen molar-refractivity contribution >= 4 is 11.6 Å². The zero-order valence-corrected chi connectivity index (χ0v) is 10.5. The van der Waals surface area contributed by atoms with E-state index in [0.717, 1.165) is 19.3 Å². The molecule has 2 nitrogen and oxygen atoms in total. The second kappa shape index (κ2) is 4.92. The van der Waals surface area contributed by atoms with Gasteiger partial charge in [0.2, 0.25) is 0 Å². The molecule has 0 saturated heterocycles. The smallest absolute Gasteiger partial charge is 0.132 e. The Kier molecular flexibility index (Phi) is 3.71. The van der Waals surface area contributed by atoms with Gasteiger partial charge in [0.1, 0.15) is 5.82 Å². The third-order valence-corrected chi connectivity index (χ3v) is 3.98. The second-order valence-corrected chi connectivity index (χ2v) is 5.21. The van der Waals surface area contributed by atoms with Crippen LogP contribution >= 0.6 is 11.6 Å². The van der Waals surface area contributed by atoms with Crippen molar-refractivity contribution in [2.24, 2.45) is 11.7 Å². The minimum Gasteiger partial charge on any atom is -0.391 e. The minimum absolute atomic E-state index is 0.181. The fourth-order valence-corrected chi connectivity index (χ4v) is 2.50. The monoisotopic (exact) mass is 257 g/mol. The highest BCUT2D eigenvalue weighted by Crippen LogP contribution is 2.37. The van der Waals surface area contributed by atoms with E-state index in [1.807, 2.05) is 0 Å². The summed E-state index contributed by atoms with van der Waals surface area (Å²) >= 11 is 5.98. The Morgan fingerprint density at radius 3 is 2.65 bits per heavy atom. The van der Waals surface area contributed by atoms with Crippen LogP contribution in [0.1, 0.15) is 36.4 Å². The molecule has 0 amide bonds. The summed E-state index contributed by atoms with van der Waals surface area (Å²) in [5, 5.41) is 10.4. The Balaban J connectivity index is 2.29. The Morgan fingerprint density at radius 2 is 2.12 bits per heavy atom. The molecule has 0 aromatic heterocycles. The van der Waals surface area contributed by atoms with Crippen molar-refractivity contribution in [2.45, 2.75) is 38.3 Å². The molecular weight excluding hydrogens is 241 g/mol. The molecule has 1 fully saturated rings. The highest BCUT2D eigenvalue weighted by atomic mass is 35.5. The lowest BCUT2D eigenvalue weighted by Gasteiger charge is -2.34. The maximum atomic E-state index is 14.0. The highest BCUT2D eigenvalue weighted by Gasteiger charge is 2.33. The van der Waals surface area contributed by atoms with Crippen LogP contribution in [-0.4, -0.2) is 11.2 Å². The van der Waals surface area contributed by atoms with Crippen molar-refractivity contribution in [3.8, 4) is 0 Å². The predicted octanol–water partition coefficient (Wildman–Crippen LogP) is 2.95. The van der Waals surface area contributed by atoms with Gasteiger partial charge in [-0.3, -0.25) is 0 Å². The first-order valence-corrected chi connectivity index (χ1v) is 6.28. The zero-order valence-electron chi connectivity index (χ0n) is 9.79. The topological polar surface area (TPSA) is 46.2 Å². The van der Waals surface area contributed by atoms with Crippen LogP contribution in [0.25, 0.3) is 0 Å². The molecule has 2 rings (SSSR count). The number of benzene rings is 1. The van der Waals surface area contributed by atoms with Gasteiger partial charge in [-0.2, -0.15) is 0 Å². The van der Waals surface area contributed by atoms with Crippen molar-refractivity contribution in [2.75, 3.05) is 0 Å². The molecular formula is C13H17ClFNO. The third-order valence-electron chi connectivity index (χ3n) is 3.65. The molecule has 1 saturated carbocycles. The maximum Gasteiger partial charge on any atom is 0.132 e. The normalized spacial score (nSPS) is 19.8. The third kappa shape index (κ3) is 2.32. The summed E-state index contributed by atoms with van der Waals surface area (Å²) in [6.07, 6.45) is 2.32. The van der Waals surface area contributed by atoms with Crippen LogP contribution in [0.4, 0.5) is 4.39 Å². The van der Waals surface area contributed by atoms with Gasteiger partial charge in [0.05, 0.1) is 12.1 Å². The first kappa shape index (κ1) is 12.8. The van der Waals surface area contributed by atoms with E-state index in [0.29, 0.717) is 10.6 Å². The zero-order chi connectivity index (χ0) is 12.6. The van der Waals surface area contributed by atoms with Gasteiger partial charge in [-0.15, -0.1) is 0 Å². The number of hydrogen-bond donors (Lipinski definition) is 2. The second-order valence-electron chi connectivity index (χ2n) is 4.80. The van der Waals surface area contributed by atoms with Crippen LogP contribution in [0.3, 0.4) is 0 Å². The molecule has 1 aliphatic rings. The molecule has 1 aromatic rings. The molecule has 1 aromatic carbocycles. The van der Waals surface area contributed by atoms with E-state index in [1.54, 1.807) is 19.1 Å². The molecule has 0 unspecified atom stereocenters. The van der Waals surface area contributed by atoms with E-state index in [4.69, 9.17) is 17.3 Å². The van der Waals surface area contributed by atoms with E-state index in [9.17, 15) is 9.50 Å². The average Bonchev–Trinajstić information content (AvgIpc) is 2.21. The quantitative estimate of drug-likeness (QED) is 0.875. The van der Waals surface area contributed by atoms with Crippen LogP contribution in [0, 0.1) is 18.7 Å².